The fourth-order valence-electron chi connectivity index (χ4n) is 1.99. The van der Waals surface area contributed by atoms with Crippen LogP contribution in [0.5, 0.6) is 0 Å². The van der Waals surface area contributed by atoms with Crippen molar-refractivity contribution in [1.82, 2.24) is 0 Å². The van der Waals surface area contributed by atoms with E-state index in [0.29, 0.717) is 17.4 Å². The van der Waals surface area contributed by atoms with Gasteiger partial charge in [0.1, 0.15) is 17.4 Å². The zero-order valence-electron chi connectivity index (χ0n) is 12.7. The van der Waals surface area contributed by atoms with Crippen LogP contribution in [-0.2, 0) is 4.79 Å². The second-order valence-corrected chi connectivity index (χ2v) is 5.07. The van der Waals surface area contributed by atoms with Crippen LogP contribution in [0.25, 0.3) is 6.08 Å². The Kier molecular flexibility index (Phi) is 5.16. The number of nitriles is 1. The highest BCUT2D eigenvalue weighted by atomic mass is 16.3. The van der Waals surface area contributed by atoms with Crippen molar-refractivity contribution < 1.29 is 9.21 Å². The fourth-order valence-corrected chi connectivity index (χ4v) is 1.99. The zero-order chi connectivity index (χ0) is 15.9. The largest absolute Gasteiger partial charge is 0.465 e. The van der Waals surface area contributed by atoms with E-state index in [4.69, 9.17) is 9.68 Å². The summed E-state index contributed by atoms with van der Waals surface area (Å²) in [5.74, 6) is 0.507. The maximum Gasteiger partial charge on any atom is 0.266 e. The molecule has 0 aliphatic rings. The first-order valence-electron chi connectivity index (χ1n) is 7.20. The predicted molar refractivity (Wildman–Crippen MR) is 86.1 cm³/mol. The average Bonchev–Trinajstić information content (AvgIpc) is 3.05. The molecule has 0 unspecified atom stereocenters. The Bertz CT molecular complexity index is 692. The van der Waals surface area contributed by atoms with Crippen LogP contribution in [0.15, 0.2) is 52.7 Å². The molecule has 4 heteroatoms. The predicted octanol–water partition coefficient (Wildman–Crippen LogP) is 4.34. The molecule has 1 aromatic heterocycles. The number of carbonyl (C=O) groups is 1. The summed E-state index contributed by atoms with van der Waals surface area (Å²) in [6.07, 6.45) is 3.98. The zero-order valence-corrected chi connectivity index (χ0v) is 12.7. The third-order valence-corrected chi connectivity index (χ3v) is 3.54. The van der Waals surface area contributed by atoms with E-state index in [-0.39, 0.29) is 5.57 Å². The van der Waals surface area contributed by atoms with Crippen LogP contribution in [0.1, 0.15) is 37.5 Å². The Morgan fingerprint density at radius 3 is 2.64 bits per heavy atom. The highest BCUT2D eigenvalue weighted by molar-refractivity contribution is 6.09. The van der Waals surface area contributed by atoms with Crippen LogP contribution < -0.4 is 5.32 Å². The van der Waals surface area contributed by atoms with Crippen molar-refractivity contribution >= 4 is 17.7 Å². The van der Waals surface area contributed by atoms with Gasteiger partial charge in [0.15, 0.2) is 0 Å². The Labute approximate surface area is 130 Å². The van der Waals surface area contributed by atoms with Gasteiger partial charge in [0.25, 0.3) is 5.91 Å². The molecule has 112 valence electrons. The molecule has 2 rings (SSSR count). The lowest BCUT2D eigenvalue weighted by molar-refractivity contribution is -0.112. The van der Waals surface area contributed by atoms with Gasteiger partial charge in [0.2, 0.25) is 0 Å². The van der Waals surface area contributed by atoms with Crippen LogP contribution >= 0.6 is 0 Å². The van der Waals surface area contributed by atoms with Crippen LogP contribution in [0.3, 0.4) is 0 Å². The summed E-state index contributed by atoms with van der Waals surface area (Å²) in [6, 6.07) is 13.0. The van der Waals surface area contributed by atoms with Gasteiger partial charge in [-0.25, -0.2) is 0 Å². The van der Waals surface area contributed by atoms with E-state index in [1.165, 1.54) is 17.9 Å². The van der Waals surface area contributed by atoms with Gasteiger partial charge in [-0.15, -0.1) is 0 Å². The summed E-state index contributed by atoms with van der Waals surface area (Å²) in [4.78, 5) is 12.1. The normalized spacial score (nSPS) is 12.5. The average molecular weight is 294 g/mol. The molecule has 0 fully saturated rings. The van der Waals surface area contributed by atoms with Gasteiger partial charge < -0.3 is 9.73 Å². The molecular weight excluding hydrogens is 276 g/mol. The summed E-state index contributed by atoms with van der Waals surface area (Å²) in [5.41, 5.74) is 1.89. The first kappa shape index (κ1) is 15.6. The van der Waals surface area contributed by atoms with E-state index in [0.717, 1.165) is 6.42 Å². The molecule has 22 heavy (non-hydrogen) atoms. The summed E-state index contributed by atoms with van der Waals surface area (Å²) in [5, 5.41) is 11.8. The van der Waals surface area contributed by atoms with Crippen LogP contribution in [0.4, 0.5) is 5.69 Å². The molecule has 0 saturated heterocycles. The number of hydrogen-bond acceptors (Lipinski definition) is 3. The molecule has 4 nitrogen and oxygen atoms in total. The molecule has 0 radical (unpaired) electrons. The van der Waals surface area contributed by atoms with Crippen molar-refractivity contribution in [3.05, 3.63) is 59.6 Å². The maximum atomic E-state index is 12.1. The second-order valence-electron chi connectivity index (χ2n) is 5.07. The molecule has 1 aromatic carbocycles. The summed E-state index contributed by atoms with van der Waals surface area (Å²) in [7, 11) is 0. The third-order valence-electron chi connectivity index (χ3n) is 3.54. The molecule has 0 aliphatic heterocycles. The van der Waals surface area contributed by atoms with Gasteiger partial charge in [0, 0.05) is 11.8 Å². The first-order chi connectivity index (χ1) is 10.6. The molecule has 0 saturated carbocycles. The van der Waals surface area contributed by atoms with E-state index < -0.39 is 5.91 Å². The van der Waals surface area contributed by atoms with E-state index in [1.807, 2.05) is 30.3 Å². The smallest absolute Gasteiger partial charge is 0.266 e. The minimum atomic E-state index is -0.449. The Morgan fingerprint density at radius 2 is 2.09 bits per heavy atom. The molecule has 1 atom stereocenters. The molecule has 0 spiro atoms. The molecule has 1 amide bonds. The Morgan fingerprint density at radius 1 is 1.36 bits per heavy atom. The molecular formula is C18H18N2O2. The lowest BCUT2D eigenvalue weighted by atomic mass is 9.98. The maximum absolute atomic E-state index is 12.1. The number of nitrogens with zero attached hydrogens (tertiary/aromatic N) is 1. The van der Waals surface area contributed by atoms with Gasteiger partial charge in [-0.3, -0.25) is 4.79 Å². The van der Waals surface area contributed by atoms with Gasteiger partial charge >= 0.3 is 0 Å². The molecule has 2 aromatic rings. The minimum absolute atomic E-state index is 0.000882. The van der Waals surface area contributed by atoms with Crippen molar-refractivity contribution in [3.63, 3.8) is 0 Å². The number of anilines is 1. The van der Waals surface area contributed by atoms with Crippen LogP contribution in [0.2, 0.25) is 0 Å². The van der Waals surface area contributed by atoms with Gasteiger partial charge in [-0.2, -0.15) is 5.26 Å². The third kappa shape index (κ3) is 3.86. The van der Waals surface area contributed by atoms with Gasteiger partial charge in [-0.05, 0) is 42.2 Å². The van der Waals surface area contributed by atoms with E-state index in [9.17, 15) is 4.79 Å². The van der Waals surface area contributed by atoms with Crippen molar-refractivity contribution in [3.8, 4) is 6.07 Å². The van der Waals surface area contributed by atoms with Gasteiger partial charge in [-0.1, -0.05) is 26.0 Å². The van der Waals surface area contributed by atoms with Gasteiger partial charge in [0.05, 0.1) is 6.26 Å². The second kappa shape index (κ2) is 7.28. The number of nitrogens with one attached hydrogen (secondary N) is 1. The summed E-state index contributed by atoms with van der Waals surface area (Å²) >= 11 is 0. The first-order valence-corrected chi connectivity index (χ1v) is 7.20. The quantitative estimate of drug-likeness (QED) is 0.659. The lowest BCUT2D eigenvalue weighted by Crippen LogP contribution is -2.13. The Hall–Kier alpha value is -2.80. The number of hydrogen-bond donors (Lipinski definition) is 1. The molecule has 1 N–H and O–H groups in total. The van der Waals surface area contributed by atoms with Crippen LogP contribution in [0, 0.1) is 11.3 Å². The van der Waals surface area contributed by atoms with Crippen molar-refractivity contribution in [1.29, 1.82) is 5.26 Å². The minimum Gasteiger partial charge on any atom is -0.465 e. The monoisotopic (exact) mass is 294 g/mol. The highest BCUT2D eigenvalue weighted by Crippen LogP contribution is 2.20. The SMILES string of the molecule is CC[C@H](C)c1ccc(NC(=O)/C(C#N)=C/c2ccco2)cc1. The molecule has 1 heterocycles. The Balaban J connectivity index is 2.09. The standard InChI is InChI=1S/C18H18N2O2/c1-3-13(2)14-6-8-16(9-7-14)20-18(21)15(12-19)11-17-5-4-10-22-17/h4-11,13H,3H2,1-2H3,(H,20,21)/b15-11+/t13-/m0/s1. The number of benzene rings is 1. The summed E-state index contributed by atoms with van der Waals surface area (Å²) in [6.45, 7) is 4.30. The van der Waals surface area contributed by atoms with Crippen molar-refractivity contribution in [2.75, 3.05) is 5.32 Å². The highest BCUT2D eigenvalue weighted by Gasteiger charge is 2.10. The van der Waals surface area contributed by atoms with Crippen molar-refractivity contribution in [2.45, 2.75) is 26.2 Å². The number of amides is 1. The van der Waals surface area contributed by atoms with Crippen LogP contribution in [-0.4, -0.2) is 5.91 Å². The molecule has 0 bridgehead atoms. The lowest BCUT2D eigenvalue weighted by Gasteiger charge is -2.10. The van der Waals surface area contributed by atoms with E-state index >= 15 is 0 Å². The number of rotatable bonds is 5. The fraction of sp³-hybridized carbons (Fsp3) is 0.222. The topological polar surface area (TPSA) is 66.0 Å². The molecule has 0 aliphatic carbocycles. The number of carbonyl (C=O) groups excluding carboxylic acids is 1. The van der Waals surface area contributed by atoms with E-state index in [1.54, 1.807) is 12.1 Å². The number of furan rings is 1. The summed E-state index contributed by atoms with van der Waals surface area (Å²) < 4.78 is 5.11. The van der Waals surface area contributed by atoms with Crippen molar-refractivity contribution in [2.24, 2.45) is 0 Å². The van der Waals surface area contributed by atoms with E-state index in [2.05, 4.69) is 19.2 Å².